The second-order valence-electron chi connectivity index (χ2n) is 3.37. The monoisotopic (exact) mass is 204 g/mol. The van der Waals surface area contributed by atoms with Crippen LogP contribution in [0.4, 0.5) is 5.95 Å². The molecule has 4 N–H and O–H groups in total. The van der Waals surface area contributed by atoms with Crippen LogP contribution in [0.25, 0.3) is 11.0 Å². The number of H-pyrrole nitrogens is 1. The summed E-state index contributed by atoms with van der Waals surface area (Å²) in [5.41, 5.74) is 6.92. The number of para-hydroxylation sites is 2. The molecule has 2 rings (SSSR count). The largest absolute Gasteiger partial charge is 0.368 e. The van der Waals surface area contributed by atoms with E-state index in [4.69, 9.17) is 5.73 Å². The SMILES string of the molecule is CC(Nc1nc2ccccc2[nH]1)C(N)=O. The van der Waals surface area contributed by atoms with Gasteiger partial charge in [-0.3, -0.25) is 4.79 Å². The zero-order valence-electron chi connectivity index (χ0n) is 8.32. The Bertz CT molecular complexity index is 458. The van der Waals surface area contributed by atoms with E-state index in [0.717, 1.165) is 11.0 Å². The lowest BCUT2D eigenvalue weighted by molar-refractivity contribution is -0.118. The van der Waals surface area contributed by atoms with Crippen molar-refractivity contribution in [3.05, 3.63) is 24.3 Å². The van der Waals surface area contributed by atoms with Gasteiger partial charge in [-0.15, -0.1) is 0 Å². The van der Waals surface area contributed by atoms with Crippen LogP contribution in [0.15, 0.2) is 24.3 Å². The Labute approximate surface area is 86.7 Å². The average Bonchev–Trinajstić information content (AvgIpc) is 2.59. The fourth-order valence-electron chi connectivity index (χ4n) is 1.30. The molecule has 5 nitrogen and oxygen atoms in total. The van der Waals surface area contributed by atoms with Gasteiger partial charge < -0.3 is 16.0 Å². The molecule has 1 unspecified atom stereocenters. The number of nitrogens with two attached hydrogens (primary N) is 1. The number of primary amides is 1. The number of carbonyl (C=O) groups excluding carboxylic acids is 1. The van der Waals surface area contributed by atoms with Crippen molar-refractivity contribution >= 4 is 22.9 Å². The number of amides is 1. The van der Waals surface area contributed by atoms with Gasteiger partial charge in [-0.05, 0) is 19.1 Å². The summed E-state index contributed by atoms with van der Waals surface area (Å²) in [5.74, 6) is 0.151. The molecule has 1 aromatic heterocycles. The van der Waals surface area contributed by atoms with Crippen molar-refractivity contribution in [1.82, 2.24) is 9.97 Å². The summed E-state index contributed by atoms with van der Waals surface area (Å²) in [5, 5.41) is 2.89. The highest BCUT2D eigenvalue weighted by atomic mass is 16.1. The predicted octanol–water partition coefficient (Wildman–Crippen LogP) is 0.849. The number of hydrogen-bond donors (Lipinski definition) is 3. The van der Waals surface area contributed by atoms with Crippen molar-refractivity contribution in [2.24, 2.45) is 5.73 Å². The molecular weight excluding hydrogens is 192 g/mol. The first-order chi connectivity index (χ1) is 7.16. The van der Waals surface area contributed by atoms with Crippen LogP contribution < -0.4 is 11.1 Å². The first kappa shape index (κ1) is 9.51. The van der Waals surface area contributed by atoms with Gasteiger partial charge in [0.05, 0.1) is 11.0 Å². The molecule has 78 valence electrons. The van der Waals surface area contributed by atoms with Crippen LogP contribution >= 0.6 is 0 Å². The molecule has 0 saturated carbocycles. The van der Waals surface area contributed by atoms with Crippen molar-refractivity contribution in [2.75, 3.05) is 5.32 Å². The maximum Gasteiger partial charge on any atom is 0.239 e. The van der Waals surface area contributed by atoms with E-state index in [-0.39, 0.29) is 0 Å². The Morgan fingerprint density at radius 1 is 1.53 bits per heavy atom. The molecule has 1 aromatic carbocycles. The van der Waals surface area contributed by atoms with Crippen LogP contribution in [0, 0.1) is 0 Å². The third-order valence-electron chi connectivity index (χ3n) is 2.17. The molecule has 0 aliphatic carbocycles. The average molecular weight is 204 g/mol. The van der Waals surface area contributed by atoms with Gasteiger partial charge in [0, 0.05) is 0 Å². The van der Waals surface area contributed by atoms with Crippen molar-refractivity contribution < 1.29 is 4.79 Å². The number of benzene rings is 1. The van der Waals surface area contributed by atoms with Gasteiger partial charge in [0.1, 0.15) is 6.04 Å². The predicted molar refractivity (Wildman–Crippen MR) is 58.4 cm³/mol. The molecule has 0 saturated heterocycles. The maximum atomic E-state index is 10.8. The first-order valence-corrected chi connectivity index (χ1v) is 4.67. The second-order valence-corrected chi connectivity index (χ2v) is 3.37. The van der Waals surface area contributed by atoms with Gasteiger partial charge in [0.25, 0.3) is 0 Å². The van der Waals surface area contributed by atoms with Crippen LogP contribution in [0.2, 0.25) is 0 Å². The first-order valence-electron chi connectivity index (χ1n) is 4.67. The molecule has 0 radical (unpaired) electrons. The van der Waals surface area contributed by atoms with E-state index in [2.05, 4.69) is 15.3 Å². The molecule has 1 atom stereocenters. The highest BCUT2D eigenvalue weighted by Crippen LogP contribution is 2.13. The van der Waals surface area contributed by atoms with Gasteiger partial charge in [-0.2, -0.15) is 0 Å². The minimum Gasteiger partial charge on any atom is -0.368 e. The topological polar surface area (TPSA) is 83.8 Å². The lowest BCUT2D eigenvalue weighted by Crippen LogP contribution is -2.32. The number of imidazole rings is 1. The summed E-state index contributed by atoms with van der Waals surface area (Å²) < 4.78 is 0. The molecule has 1 heterocycles. The summed E-state index contributed by atoms with van der Waals surface area (Å²) in [6.07, 6.45) is 0. The van der Waals surface area contributed by atoms with Crippen LogP contribution in [0.5, 0.6) is 0 Å². The number of rotatable bonds is 3. The molecule has 0 fully saturated rings. The van der Waals surface area contributed by atoms with Gasteiger partial charge in [-0.1, -0.05) is 12.1 Å². The van der Waals surface area contributed by atoms with E-state index < -0.39 is 11.9 Å². The maximum absolute atomic E-state index is 10.8. The van der Waals surface area contributed by atoms with Gasteiger partial charge >= 0.3 is 0 Å². The summed E-state index contributed by atoms with van der Waals surface area (Å²) in [7, 11) is 0. The van der Waals surface area contributed by atoms with Crippen molar-refractivity contribution in [3.8, 4) is 0 Å². The van der Waals surface area contributed by atoms with E-state index in [1.165, 1.54) is 0 Å². The molecule has 0 aliphatic rings. The van der Waals surface area contributed by atoms with Crippen molar-refractivity contribution in [3.63, 3.8) is 0 Å². The van der Waals surface area contributed by atoms with E-state index >= 15 is 0 Å². The molecule has 0 aliphatic heterocycles. The number of anilines is 1. The Balaban J connectivity index is 2.26. The Hall–Kier alpha value is -2.04. The summed E-state index contributed by atoms with van der Waals surface area (Å²) in [4.78, 5) is 18.1. The quantitative estimate of drug-likeness (QED) is 0.693. The Kier molecular flexibility index (Phi) is 2.29. The van der Waals surface area contributed by atoms with Gasteiger partial charge in [0.2, 0.25) is 11.9 Å². The van der Waals surface area contributed by atoms with Crippen LogP contribution in [0.3, 0.4) is 0 Å². The Morgan fingerprint density at radius 3 is 2.93 bits per heavy atom. The number of hydrogen-bond acceptors (Lipinski definition) is 3. The highest BCUT2D eigenvalue weighted by molar-refractivity contribution is 5.83. The fourth-order valence-corrected chi connectivity index (χ4v) is 1.30. The third-order valence-corrected chi connectivity index (χ3v) is 2.17. The molecule has 2 aromatic rings. The minimum atomic E-state index is -0.439. The lowest BCUT2D eigenvalue weighted by Gasteiger charge is -2.07. The molecule has 1 amide bonds. The Morgan fingerprint density at radius 2 is 2.27 bits per heavy atom. The van der Waals surface area contributed by atoms with E-state index in [1.807, 2.05) is 24.3 Å². The zero-order valence-corrected chi connectivity index (χ0v) is 8.32. The molecule has 15 heavy (non-hydrogen) atoms. The number of nitrogens with one attached hydrogen (secondary N) is 2. The van der Waals surface area contributed by atoms with Gasteiger partial charge in [-0.25, -0.2) is 4.98 Å². The third kappa shape index (κ3) is 1.90. The second kappa shape index (κ2) is 3.61. The minimum absolute atomic E-state index is 0.407. The molecule has 5 heteroatoms. The van der Waals surface area contributed by atoms with E-state index in [0.29, 0.717) is 5.95 Å². The highest BCUT2D eigenvalue weighted by Gasteiger charge is 2.10. The van der Waals surface area contributed by atoms with Crippen molar-refractivity contribution in [2.45, 2.75) is 13.0 Å². The summed E-state index contributed by atoms with van der Waals surface area (Å²) >= 11 is 0. The number of aromatic nitrogens is 2. The van der Waals surface area contributed by atoms with Crippen LogP contribution in [-0.2, 0) is 4.79 Å². The lowest BCUT2D eigenvalue weighted by atomic mass is 10.3. The smallest absolute Gasteiger partial charge is 0.239 e. The fraction of sp³-hybridized carbons (Fsp3) is 0.200. The molecule has 0 spiro atoms. The van der Waals surface area contributed by atoms with Crippen molar-refractivity contribution in [1.29, 1.82) is 0 Å². The summed E-state index contributed by atoms with van der Waals surface area (Å²) in [6, 6.07) is 7.20. The standard InChI is InChI=1S/C10H12N4O/c1-6(9(11)15)12-10-13-7-4-2-3-5-8(7)14-10/h2-6H,1H3,(H2,11,15)(H2,12,13,14). The molecular formula is C10H12N4O. The summed E-state index contributed by atoms with van der Waals surface area (Å²) in [6.45, 7) is 1.69. The van der Waals surface area contributed by atoms with E-state index in [1.54, 1.807) is 6.92 Å². The van der Waals surface area contributed by atoms with E-state index in [9.17, 15) is 4.79 Å². The number of carbonyl (C=O) groups is 1. The van der Waals surface area contributed by atoms with Gasteiger partial charge in [0.15, 0.2) is 0 Å². The normalized spacial score (nSPS) is 12.6. The number of aromatic amines is 1. The number of nitrogens with zero attached hydrogens (tertiary/aromatic N) is 1. The number of fused-ring (bicyclic) bond motifs is 1. The zero-order chi connectivity index (χ0) is 10.8. The van der Waals surface area contributed by atoms with Crippen LogP contribution in [-0.4, -0.2) is 21.9 Å². The molecule has 0 bridgehead atoms. The van der Waals surface area contributed by atoms with Crippen LogP contribution in [0.1, 0.15) is 6.92 Å².